The van der Waals surface area contributed by atoms with Crippen LogP contribution in [-0.2, 0) is 25.5 Å². The Hall–Kier alpha value is -2.63. The minimum absolute atomic E-state index is 0.244. The predicted molar refractivity (Wildman–Crippen MR) is 172 cm³/mol. The number of carbonyl (C=O) groups is 2. The maximum atomic E-state index is 13.4. The highest BCUT2D eigenvalue weighted by Gasteiger charge is 2.44. The number of aliphatic imine (C=N–C) groups is 1. The molecule has 0 spiro atoms. The Kier molecular flexibility index (Phi) is 17.2. The molecule has 2 rings (SSSR count). The third-order valence-corrected chi connectivity index (χ3v) is 8.18. The zero-order valence-corrected chi connectivity index (χ0v) is 27.4. The quantitative estimate of drug-likeness (QED) is 0.106. The van der Waals surface area contributed by atoms with Crippen molar-refractivity contribution in [3.05, 3.63) is 40.6 Å². The van der Waals surface area contributed by atoms with Gasteiger partial charge in [0.25, 0.3) is 0 Å². The number of rotatable bonds is 21. The summed E-state index contributed by atoms with van der Waals surface area (Å²) in [6, 6.07) is 6.06. The standard InChI is InChI=1S/C36H57NO5/c1-7-11-12-13-14-15-16-17-18-19-20-21-22-24-29-25-23-26-30(40-8-2)33(29)34-31(35(38)41-9-3)27(5)37-28(6)32(34)36(39)42-10-4/h23,25-26,31,34H,7-22,24H2,1-6H3. The Morgan fingerprint density at radius 3 is 1.86 bits per heavy atom. The van der Waals surface area contributed by atoms with Gasteiger partial charge in [-0.1, -0.05) is 96.1 Å². The van der Waals surface area contributed by atoms with Crippen LogP contribution in [0.15, 0.2) is 34.5 Å². The van der Waals surface area contributed by atoms with Crippen LogP contribution < -0.4 is 4.74 Å². The van der Waals surface area contributed by atoms with Crippen molar-refractivity contribution in [3.8, 4) is 5.75 Å². The first-order valence-corrected chi connectivity index (χ1v) is 16.7. The van der Waals surface area contributed by atoms with Crippen LogP contribution in [-0.4, -0.2) is 37.5 Å². The Morgan fingerprint density at radius 2 is 1.31 bits per heavy atom. The molecule has 0 radical (unpaired) electrons. The van der Waals surface area contributed by atoms with Crippen LogP contribution in [0.3, 0.4) is 0 Å². The lowest BCUT2D eigenvalue weighted by Gasteiger charge is -2.33. The molecule has 0 aliphatic carbocycles. The van der Waals surface area contributed by atoms with Crippen molar-refractivity contribution in [2.75, 3.05) is 19.8 Å². The lowest BCUT2D eigenvalue weighted by molar-refractivity contribution is -0.146. The van der Waals surface area contributed by atoms with Gasteiger partial charge < -0.3 is 14.2 Å². The van der Waals surface area contributed by atoms with Crippen molar-refractivity contribution in [3.63, 3.8) is 0 Å². The molecule has 1 aliphatic rings. The Bertz CT molecular complexity index is 1030. The van der Waals surface area contributed by atoms with Crippen molar-refractivity contribution >= 4 is 17.7 Å². The molecule has 6 nitrogen and oxygen atoms in total. The molecule has 2 atom stereocenters. The Morgan fingerprint density at radius 1 is 0.738 bits per heavy atom. The van der Waals surface area contributed by atoms with E-state index in [2.05, 4.69) is 18.0 Å². The van der Waals surface area contributed by atoms with Crippen LogP contribution in [0, 0.1) is 5.92 Å². The van der Waals surface area contributed by atoms with Crippen molar-refractivity contribution in [2.45, 2.75) is 137 Å². The second-order valence-electron chi connectivity index (χ2n) is 11.4. The van der Waals surface area contributed by atoms with Crippen LogP contribution in [0.5, 0.6) is 5.75 Å². The van der Waals surface area contributed by atoms with Crippen LogP contribution >= 0.6 is 0 Å². The first kappa shape index (κ1) is 35.6. The van der Waals surface area contributed by atoms with E-state index in [1.165, 1.54) is 70.6 Å². The maximum Gasteiger partial charge on any atom is 0.336 e. The van der Waals surface area contributed by atoms with E-state index in [0.29, 0.717) is 29.3 Å². The number of allylic oxidation sites excluding steroid dienone is 1. The number of ether oxygens (including phenoxy) is 3. The van der Waals surface area contributed by atoms with Gasteiger partial charge in [0.1, 0.15) is 11.7 Å². The van der Waals surface area contributed by atoms with Gasteiger partial charge in [0.05, 0.1) is 25.4 Å². The number of carbonyl (C=O) groups excluding carboxylic acids is 2. The van der Waals surface area contributed by atoms with Crippen molar-refractivity contribution in [1.29, 1.82) is 0 Å². The lowest BCUT2D eigenvalue weighted by atomic mass is 9.73. The van der Waals surface area contributed by atoms with Gasteiger partial charge in [0.2, 0.25) is 0 Å². The third kappa shape index (κ3) is 10.9. The number of hydrogen-bond donors (Lipinski definition) is 0. The van der Waals surface area contributed by atoms with Crippen molar-refractivity contribution in [1.82, 2.24) is 0 Å². The van der Waals surface area contributed by atoms with Gasteiger partial charge in [-0.25, -0.2) is 4.79 Å². The second-order valence-corrected chi connectivity index (χ2v) is 11.4. The minimum Gasteiger partial charge on any atom is -0.494 e. The van der Waals surface area contributed by atoms with Gasteiger partial charge in [0, 0.05) is 22.9 Å². The highest BCUT2D eigenvalue weighted by molar-refractivity contribution is 6.07. The molecule has 0 bridgehead atoms. The van der Waals surface area contributed by atoms with Gasteiger partial charge in [-0.3, -0.25) is 9.79 Å². The summed E-state index contributed by atoms with van der Waals surface area (Å²) in [4.78, 5) is 31.3. The maximum absolute atomic E-state index is 13.4. The van der Waals surface area contributed by atoms with Gasteiger partial charge in [-0.15, -0.1) is 0 Å². The summed E-state index contributed by atoms with van der Waals surface area (Å²) in [5.74, 6) is -1.42. The van der Waals surface area contributed by atoms with E-state index >= 15 is 0 Å². The Balaban J connectivity index is 2.17. The molecule has 1 heterocycles. The van der Waals surface area contributed by atoms with Gasteiger partial charge >= 0.3 is 11.9 Å². The number of aryl methyl sites for hydroxylation is 1. The summed E-state index contributed by atoms with van der Waals surface area (Å²) in [7, 11) is 0. The number of benzene rings is 1. The van der Waals surface area contributed by atoms with Gasteiger partial charge in [0.15, 0.2) is 0 Å². The molecule has 0 fully saturated rings. The molecule has 0 saturated heterocycles. The highest BCUT2D eigenvalue weighted by Crippen LogP contribution is 2.45. The first-order valence-electron chi connectivity index (χ1n) is 16.7. The van der Waals surface area contributed by atoms with Crippen LogP contribution in [0.2, 0.25) is 0 Å². The largest absolute Gasteiger partial charge is 0.494 e. The number of nitrogens with zero attached hydrogens (tertiary/aromatic N) is 1. The summed E-state index contributed by atoms with van der Waals surface area (Å²) >= 11 is 0. The number of esters is 2. The molecule has 0 amide bonds. The average molecular weight is 584 g/mol. The molecule has 0 N–H and O–H groups in total. The average Bonchev–Trinajstić information content (AvgIpc) is 2.95. The van der Waals surface area contributed by atoms with E-state index in [9.17, 15) is 9.59 Å². The lowest BCUT2D eigenvalue weighted by Crippen LogP contribution is -2.37. The summed E-state index contributed by atoms with van der Waals surface area (Å²) in [6.07, 6.45) is 17.8. The van der Waals surface area contributed by atoms with E-state index in [4.69, 9.17) is 14.2 Å². The molecule has 1 aliphatic heterocycles. The highest BCUT2D eigenvalue weighted by atomic mass is 16.5. The van der Waals surface area contributed by atoms with Crippen molar-refractivity contribution in [2.24, 2.45) is 10.9 Å². The van der Waals surface area contributed by atoms with E-state index in [1.807, 2.05) is 32.9 Å². The number of hydrogen-bond acceptors (Lipinski definition) is 6. The topological polar surface area (TPSA) is 74.2 Å². The molecule has 0 saturated carbocycles. The fraction of sp³-hybridized carbons (Fsp3) is 0.694. The molecule has 6 heteroatoms. The zero-order valence-electron chi connectivity index (χ0n) is 27.4. The summed E-state index contributed by atoms with van der Waals surface area (Å²) < 4.78 is 17.1. The molecule has 1 aromatic rings. The van der Waals surface area contributed by atoms with E-state index in [0.717, 1.165) is 30.4 Å². The van der Waals surface area contributed by atoms with Gasteiger partial charge in [-0.05, 0) is 59.1 Å². The van der Waals surface area contributed by atoms with Crippen LogP contribution in [0.4, 0.5) is 0 Å². The molecule has 236 valence electrons. The van der Waals surface area contributed by atoms with Crippen LogP contribution in [0.1, 0.15) is 142 Å². The smallest absolute Gasteiger partial charge is 0.336 e. The summed E-state index contributed by atoms with van der Waals surface area (Å²) in [5.41, 5.74) is 3.62. The normalized spacial score (nSPS) is 16.8. The predicted octanol–water partition coefficient (Wildman–Crippen LogP) is 9.29. The van der Waals surface area contributed by atoms with E-state index < -0.39 is 17.8 Å². The molecule has 2 unspecified atom stereocenters. The fourth-order valence-electron chi connectivity index (χ4n) is 6.14. The van der Waals surface area contributed by atoms with Crippen molar-refractivity contribution < 1.29 is 23.8 Å². The SMILES string of the molecule is CCCCCCCCCCCCCCCc1cccc(OCC)c1C1C(C(=O)OCC)=C(C)N=C(C)C1C(=O)OCC. The van der Waals surface area contributed by atoms with E-state index in [-0.39, 0.29) is 19.2 Å². The molecule has 1 aromatic carbocycles. The number of unbranched alkanes of at least 4 members (excludes halogenated alkanes) is 12. The molecular formula is C36H57NO5. The fourth-order valence-corrected chi connectivity index (χ4v) is 6.14. The first-order chi connectivity index (χ1) is 20.4. The minimum atomic E-state index is -0.722. The summed E-state index contributed by atoms with van der Waals surface area (Å²) in [6.45, 7) is 12.4. The molecular weight excluding hydrogens is 526 g/mol. The summed E-state index contributed by atoms with van der Waals surface area (Å²) in [5, 5.41) is 0. The monoisotopic (exact) mass is 583 g/mol. The second kappa shape index (κ2) is 20.3. The van der Waals surface area contributed by atoms with Gasteiger partial charge in [-0.2, -0.15) is 0 Å². The zero-order chi connectivity index (χ0) is 30.7. The third-order valence-electron chi connectivity index (χ3n) is 8.18. The van der Waals surface area contributed by atoms with Crippen LogP contribution in [0.25, 0.3) is 0 Å². The molecule has 0 aromatic heterocycles. The Labute approximate surface area is 255 Å². The molecule has 42 heavy (non-hydrogen) atoms. The van der Waals surface area contributed by atoms with E-state index in [1.54, 1.807) is 13.8 Å².